The molecule has 0 aromatic carbocycles. The fourth-order valence-corrected chi connectivity index (χ4v) is 4.89. The minimum atomic E-state index is -4.53. The van der Waals surface area contributed by atoms with Crippen molar-refractivity contribution in [3.63, 3.8) is 0 Å². The summed E-state index contributed by atoms with van der Waals surface area (Å²) in [6.07, 6.45) is -1.23. The summed E-state index contributed by atoms with van der Waals surface area (Å²) < 4.78 is 67.6. The average Bonchev–Trinajstić information content (AvgIpc) is 2.84. The number of ketones is 1. The van der Waals surface area contributed by atoms with E-state index in [2.05, 4.69) is 20.3 Å². The number of pyridine rings is 2. The summed E-state index contributed by atoms with van der Waals surface area (Å²) in [5.74, 6) is -5.00. The molecule has 1 aliphatic carbocycles. The van der Waals surface area contributed by atoms with Crippen molar-refractivity contribution in [2.75, 3.05) is 18.9 Å². The third-order valence-electron chi connectivity index (χ3n) is 6.88. The Morgan fingerprint density at radius 3 is 2.61 bits per heavy atom. The molecule has 0 spiro atoms. The second kappa shape index (κ2) is 12.0. The average molecular weight is 538 g/mol. The standard InChI is InChI=1S/C27H32F5N5O/c1-16-8-10-35-22(11-16)21(14-34-3)24(33)25(38)19-5-4-9-26(28,29)12-17(2)20(19)15-37-23-7-6-18(13-36-23)27(30,31)32/h6-8,10-11,13-14,17,19-20H,4-5,9,12,15,33H2,1-3H3,(H,36,37)/t17-,19?,20?/m1/s1. The second-order valence-electron chi connectivity index (χ2n) is 9.81. The molecule has 3 rings (SSSR count). The van der Waals surface area contributed by atoms with Crippen LogP contribution in [0.5, 0.6) is 0 Å². The van der Waals surface area contributed by atoms with E-state index in [1.54, 1.807) is 25.3 Å². The van der Waals surface area contributed by atoms with Gasteiger partial charge in [0.2, 0.25) is 5.92 Å². The lowest BCUT2D eigenvalue weighted by atomic mass is 9.72. The molecule has 3 atom stereocenters. The summed E-state index contributed by atoms with van der Waals surface area (Å²) in [6, 6.07) is 5.64. The first kappa shape index (κ1) is 29.2. The third kappa shape index (κ3) is 7.35. The van der Waals surface area contributed by atoms with Gasteiger partial charge < -0.3 is 11.1 Å². The first-order chi connectivity index (χ1) is 17.8. The van der Waals surface area contributed by atoms with Crippen LogP contribution >= 0.6 is 0 Å². The van der Waals surface area contributed by atoms with Gasteiger partial charge >= 0.3 is 6.18 Å². The molecule has 2 aromatic rings. The highest BCUT2D eigenvalue weighted by Crippen LogP contribution is 2.41. The number of nitrogens with one attached hydrogen (secondary N) is 1. The van der Waals surface area contributed by atoms with Gasteiger partial charge in [-0.2, -0.15) is 13.2 Å². The van der Waals surface area contributed by atoms with Gasteiger partial charge in [0.25, 0.3) is 0 Å². The molecular weight excluding hydrogens is 505 g/mol. The van der Waals surface area contributed by atoms with Gasteiger partial charge in [0.1, 0.15) is 5.82 Å². The highest BCUT2D eigenvalue weighted by molar-refractivity contribution is 6.18. The Balaban J connectivity index is 1.94. The Morgan fingerprint density at radius 1 is 1.26 bits per heavy atom. The van der Waals surface area contributed by atoms with E-state index < -0.39 is 47.6 Å². The van der Waals surface area contributed by atoms with Gasteiger partial charge in [-0.25, -0.2) is 13.8 Å². The zero-order valence-electron chi connectivity index (χ0n) is 21.5. The molecule has 6 nitrogen and oxygen atoms in total. The number of Topliss-reactive ketones (excluding diaryl/α,β-unsaturated/α-hetero) is 1. The number of aliphatic imine (C=N–C) groups is 1. The summed E-state index contributed by atoms with van der Waals surface area (Å²) in [6.45, 7) is 3.58. The maximum Gasteiger partial charge on any atom is 0.417 e. The second-order valence-corrected chi connectivity index (χ2v) is 9.81. The van der Waals surface area contributed by atoms with Crippen LogP contribution in [0.3, 0.4) is 0 Å². The van der Waals surface area contributed by atoms with Crippen molar-refractivity contribution in [3.05, 3.63) is 59.2 Å². The number of aromatic nitrogens is 2. The van der Waals surface area contributed by atoms with Crippen molar-refractivity contribution in [2.45, 2.75) is 51.6 Å². The highest BCUT2D eigenvalue weighted by atomic mass is 19.4. The fourth-order valence-electron chi connectivity index (χ4n) is 4.89. The van der Waals surface area contributed by atoms with Crippen LogP contribution in [-0.2, 0) is 11.0 Å². The van der Waals surface area contributed by atoms with Gasteiger partial charge in [-0.1, -0.05) is 6.92 Å². The minimum absolute atomic E-state index is 0.0548. The van der Waals surface area contributed by atoms with Crippen LogP contribution < -0.4 is 11.1 Å². The predicted molar refractivity (Wildman–Crippen MR) is 137 cm³/mol. The normalized spacial score (nSPS) is 22.9. The first-order valence-electron chi connectivity index (χ1n) is 12.4. The summed E-state index contributed by atoms with van der Waals surface area (Å²) in [7, 11) is 1.54. The molecule has 1 aliphatic rings. The lowest BCUT2D eigenvalue weighted by Gasteiger charge is -2.36. The van der Waals surface area contributed by atoms with E-state index in [4.69, 9.17) is 5.73 Å². The molecule has 0 saturated heterocycles. The number of nitrogens with zero attached hydrogens (tertiary/aromatic N) is 3. The Kier molecular flexibility index (Phi) is 9.22. The van der Waals surface area contributed by atoms with Crippen LogP contribution in [0.15, 0.2) is 47.3 Å². The molecule has 11 heteroatoms. The quantitative estimate of drug-likeness (QED) is 0.259. The molecule has 2 unspecified atom stereocenters. The van der Waals surface area contributed by atoms with Crippen LogP contribution in [0.1, 0.15) is 49.4 Å². The number of carbonyl (C=O) groups excluding carboxylic acids is 1. The monoisotopic (exact) mass is 537 g/mol. The molecule has 38 heavy (non-hydrogen) atoms. The highest BCUT2D eigenvalue weighted by Gasteiger charge is 2.42. The molecule has 0 aliphatic heterocycles. The maximum absolute atomic E-state index is 14.5. The summed E-state index contributed by atoms with van der Waals surface area (Å²) >= 11 is 0. The van der Waals surface area contributed by atoms with E-state index in [0.717, 1.165) is 11.6 Å². The van der Waals surface area contributed by atoms with Gasteiger partial charge in [0, 0.05) is 56.5 Å². The molecule has 0 amide bonds. The lowest BCUT2D eigenvalue weighted by molar-refractivity contribution is -0.137. The molecule has 0 bridgehead atoms. The van der Waals surface area contributed by atoms with E-state index in [-0.39, 0.29) is 37.3 Å². The number of nitrogens with two attached hydrogens (primary N) is 1. The largest absolute Gasteiger partial charge is 0.417 e. The molecule has 2 heterocycles. The maximum atomic E-state index is 14.5. The third-order valence-corrected chi connectivity index (χ3v) is 6.88. The first-order valence-corrected chi connectivity index (χ1v) is 12.4. The van der Waals surface area contributed by atoms with E-state index in [0.29, 0.717) is 17.5 Å². The number of aryl methyl sites for hydroxylation is 1. The van der Waals surface area contributed by atoms with E-state index in [1.165, 1.54) is 19.3 Å². The molecule has 0 radical (unpaired) electrons. The van der Waals surface area contributed by atoms with Crippen LogP contribution in [0.25, 0.3) is 5.57 Å². The van der Waals surface area contributed by atoms with Crippen LogP contribution in [-0.4, -0.2) is 41.5 Å². The number of allylic oxidation sites excluding steroid dienone is 2. The molecule has 206 valence electrons. The van der Waals surface area contributed by atoms with Crippen molar-refractivity contribution in [2.24, 2.45) is 28.5 Å². The Bertz CT molecular complexity index is 1180. The molecule has 2 aromatic heterocycles. The van der Waals surface area contributed by atoms with E-state index in [9.17, 15) is 26.7 Å². The number of anilines is 1. The predicted octanol–water partition coefficient (Wildman–Crippen LogP) is 5.93. The number of hydrogen-bond donors (Lipinski definition) is 2. The van der Waals surface area contributed by atoms with Gasteiger partial charge in [0.05, 0.1) is 17.0 Å². The van der Waals surface area contributed by atoms with Gasteiger partial charge in [-0.15, -0.1) is 0 Å². The number of halogens is 5. The lowest BCUT2D eigenvalue weighted by Crippen LogP contribution is -2.40. The Hall–Kier alpha value is -3.37. The van der Waals surface area contributed by atoms with Gasteiger partial charge in [-0.05, 0) is 61.4 Å². The van der Waals surface area contributed by atoms with E-state index in [1.807, 2.05) is 6.92 Å². The van der Waals surface area contributed by atoms with Gasteiger partial charge in [-0.3, -0.25) is 14.8 Å². The van der Waals surface area contributed by atoms with Crippen LogP contribution in [0, 0.1) is 24.7 Å². The van der Waals surface area contributed by atoms with Crippen molar-refractivity contribution in [1.29, 1.82) is 0 Å². The Labute approximate surface area is 218 Å². The van der Waals surface area contributed by atoms with Gasteiger partial charge in [0.15, 0.2) is 5.78 Å². The molecule has 1 saturated carbocycles. The number of rotatable bonds is 7. The number of alkyl halides is 5. The topological polar surface area (TPSA) is 93.3 Å². The zero-order chi connectivity index (χ0) is 28.1. The Morgan fingerprint density at radius 2 is 2.00 bits per heavy atom. The van der Waals surface area contributed by atoms with E-state index >= 15 is 0 Å². The summed E-state index contributed by atoms with van der Waals surface area (Å²) in [4.78, 5) is 25.9. The van der Waals surface area contributed by atoms with Crippen LogP contribution in [0.2, 0.25) is 0 Å². The summed E-state index contributed by atoms with van der Waals surface area (Å²) in [5, 5.41) is 2.95. The smallest absolute Gasteiger partial charge is 0.395 e. The van der Waals surface area contributed by atoms with Crippen molar-refractivity contribution < 1.29 is 26.7 Å². The zero-order valence-corrected chi connectivity index (χ0v) is 21.5. The molecule has 1 fully saturated rings. The van der Waals surface area contributed by atoms with Crippen molar-refractivity contribution in [1.82, 2.24) is 9.97 Å². The van der Waals surface area contributed by atoms with Crippen LogP contribution in [0.4, 0.5) is 27.8 Å². The minimum Gasteiger partial charge on any atom is -0.395 e. The molecular formula is C27H32F5N5O. The van der Waals surface area contributed by atoms with Crippen molar-refractivity contribution in [3.8, 4) is 0 Å². The number of hydrogen-bond acceptors (Lipinski definition) is 6. The molecule has 3 N–H and O–H groups in total. The van der Waals surface area contributed by atoms with Crippen molar-refractivity contribution >= 4 is 23.4 Å². The fraction of sp³-hybridized carbons (Fsp3) is 0.481. The number of carbonyl (C=O) groups is 1. The summed E-state index contributed by atoms with van der Waals surface area (Å²) in [5.41, 5.74) is 7.15. The SMILES string of the molecule is CN=CC(=C(N)C(=O)C1CCCC(F)(F)C[C@@H](C)C1CNc1ccc(C(F)(F)F)cn1)c1cc(C)ccn1.